The van der Waals surface area contributed by atoms with Crippen LogP contribution in [0.4, 0.5) is 8.78 Å². The average molecular weight is 141 g/mol. The van der Waals surface area contributed by atoms with E-state index in [1.165, 1.54) is 0 Å². The highest BCUT2D eigenvalue weighted by Gasteiger charge is 2.04. The van der Waals surface area contributed by atoms with E-state index in [0.29, 0.717) is 0 Å². The largest absolute Gasteiger partial charge is 0.298 e. The smallest absolute Gasteiger partial charge is 0.169 e. The second kappa shape index (κ2) is 2.56. The predicted molar refractivity (Wildman–Crippen MR) is 30.6 cm³/mol. The van der Waals surface area contributed by atoms with Crippen molar-refractivity contribution in [3.8, 4) is 0 Å². The van der Waals surface area contributed by atoms with E-state index >= 15 is 0 Å². The van der Waals surface area contributed by atoms with Gasteiger partial charge in [0.15, 0.2) is 17.9 Å². The maximum Gasteiger partial charge on any atom is 0.169 e. The van der Waals surface area contributed by atoms with Crippen molar-refractivity contribution in [1.82, 2.24) is 0 Å². The minimum Gasteiger partial charge on any atom is -0.298 e. The van der Waals surface area contributed by atoms with E-state index in [-0.39, 0.29) is 11.8 Å². The Hall–Kier alpha value is -1.25. The van der Waals surface area contributed by atoms with Crippen LogP contribution in [0, 0.1) is 17.7 Å². The van der Waals surface area contributed by atoms with Gasteiger partial charge >= 0.3 is 0 Å². The lowest BCUT2D eigenvalue weighted by molar-refractivity contribution is 0.111. The van der Waals surface area contributed by atoms with Crippen molar-refractivity contribution in [1.29, 1.82) is 0 Å². The number of benzene rings is 1. The molecule has 1 radical (unpaired) electrons. The lowest BCUT2D eigenvalue weighted by Gasteiger charge is -1.92. The van der Waals surface area contributed by atoms with Gasteiger partial charge in [0.1, 0.15) is 0 Å². The molecule has 0 fully saturated rings. The molecule has 0 aliphatic rings. The van der Waals surface area contributed by atoms with Crippen molar-refractivity contribution in [3.05, 3.63) is 35.4 Å². The maximum absolute atomic E-state index is 12.4. The first-order valence-corrected chi connectivity index (χ1v) is 2.56. The summed E-state index contributed by atoms with van der Waals surface area (Å²) in [5.41, 5.74) is -0.306. The minimum atomic E-state index is -1.12. The molecule has 0 aliphatic carbocycles. The van der Waals surface area contributed by atoms with Crippen molar-refractivity contribution in [2.24, 2.45) is 0 Å². The molecule has 3 heteroatoms. The highest BCUT2D eigenvalue weighted by atomic mass is 19.2. The van der Waals surface area contributed by atoms with E-state index in [2.05, 4.69) is 6.07 Å². The fourth-order valence-corrected chi connectivity index (χ4v) is 0.555. The van der Waals surface area contributed by atoms with Crippen molar-refractivity contribution < 1.29 is 13.6 Å². The number of carbonyl (C=O) groups excluding carboxylic acids is 1. The van der Waals surface area contributed by atoms with Gasteiger partial charge in [-0.2, -0.15) is 0 Å². The number of halogens is 2. The number of aldehydes is 1. The molecule has 0 atom stereocenters. The number of carbonyl (C=O) groups is 1. The molecule has 0 saturated carbocycles. The monoisotopic (exact) mass is 141 g/mol. The molecule has 0 aromatic heterocycles. The molecule has 51 valence electrons. The van der Waals surface area contributed by atoms with Gasteiger partial charge in [0.25, 0.3) is 0 Å². The van der Waals surface area contributed by atoms with Crippen LogP contribution in [0.5, 0.6) is 0 Å². The van der Waals surface area contributed by atoms with Gasteiger partial charge < -0.3 is 0 Å². The van der Waals surface area contributed by atoms with Crippen LogP contribution in [0.1, 0.15) is 10.4 Å². The highest BCUT2D eigenvalue weighted by Crippen LogP contribution is 2.07. The first-order valence-electron chi connectivity index (χ1n) is 2.56. The van der Waals surface area contributed by atoms with Crippen LogP contribution in [0.3, 0.4) is 0 Å². The Bertz CT molecular complexity index is 258. The molecule has 0 saturated heterocycles. The van der Waals surface area contributed by atoms with Gasteiger partial charge in [-0.25, -0.2) is 8.78 Å². The Kier molecular flexibility index (Phi) is 1.76. The quantitative estimate of drug-likeness (QED) is 0.542. The molecule has 0 heterocycles. The van der Waals surface area contributed by atoms with Crippen molar-refractivity contribution in [2.75, 3.05) is 0 Å². The molecule has 0 unspecified atom stereocenters. The predicted octanol–water partition coefficient (Wildman–Crippen LogP) is 1.58. The Morgan fingerprint density at radius 1 is 1.40 bits per heavy atom. The summed E-state index contributed by atoms with van der Waals surface area (Å²) in [5, 5.41) is 0. The Labute approximate surface area is 56.3 Å². The molecule has 1 nitrogen and oxygen atoms in total. The molecule has 0 spiro atoms. The zero-order chi connectivity index (χ0) is 7.56. The van der Waals surface area contributed by atoms with Crippen LogP contribution in [-0.2, 0) is 0 Å². The summed E-state index contributed by atoms with van der Waals surface area (Å²) in [5.74, 6) is -2.17. The Morgan fingerprint density at radius 3 is 2.60 bits per heavy atom. The normalized spacial score (nSPS) is 9.40. The Morgan fingerprint density at radius 2 is 2.10 bits per heavy atom. The molecule has 1 aromatic carbocycles. The van der Waals surface area contributed by atoms with Gasteiger partial charge in [-0.15, -0.1) is 0 Å². The van der Waals surface area contributed by atoms with Crippen molar-refractivity contribution in [3.63, 3.8) is 0 Å². The molecule has 0 N–H and O–H groups in total. The molecule has 10 heavy (non-hydrogen) atoms. The van der Waals surface area contributed by atoms with Gasteiger partial charge in [-0.05, 0) is 18.2 Å². The summed E-state index contributed by atoms with van der Waals surface area (Å²) in [6.45, 7) is 0. The van der Waals surface area contributed by atoms with Gasteiger partial charge in [-0.3, -0.25) is 4.79 Å². The topological polar surface area (TPSA) is 17.1 Å². The van der Waals surface area contributed by atoms with Crippen LogP contribution >= 0.6 is 0 Å². The first kappa shape index (κ1) is 6.86. The average Bonchev–Trinajstić information content (AvgIpc) is 1.95. The third kappa shape index (κ3) is 1.03. The lowest BCUT2D eigenvalue weighted by Crippen LogP contribution is -1.90. The maximum atomic E-state index is 12.4. The van der Waals surface area contributed by atoms with Gasteiger partial charge in [0.2, 0.25) is 0 Å². The van der Waals surface area contributed by atoms with E-state index < -0.39 is 11.6 Å². The lowest BCUT2D eigenvalue weighted by atomic mass is 10.2. The molecule has 1 aromatic rings. The van der Waals surface area contributed by atoms with E-state index in [1.807, 2.05) is 0 Å². The van der Waals surface area contributed by atoms with E-state index in [1.54, 1.807) is 0 Å². The standard InChI is InChI=1S/C7H3F2O/c8-6-3-1-2-5(4-10)7(6)9/h2-4H. The Balaban J connectivity index is 3.27. The number of hydrogen-bond acceptors (Lipinski definition) is 1. The van der Waals surface area contributed by atoms with Crippen LogP contribution in [0.25, 0.3) is 0 Å². The van der Waals surface area contributed by atoms with Crippen molar-refractivity contribution >= 4 is 6.29 Å². The van der Waals surface area contributed by atoms with Gasteiger partial charge in [0, 0.05) is 0 Å². The molecule has 0 amide bonds. The third-order valence-corrected chi connectivity index (χ3v) is 1.04. The number of rotatable bonds is 1. The third-order valence-electron chi connectivity index (χ3n) is 1.04. The fraction of sp³-hybridized carbons (Fsp3) is 0. The second-order valence-corrected chi connectivity index (χ2v) is 1.69. The molecule has 0 aliphatic heterocycles. The van der Waals surface area contributed by atoms with Crippen LogP contribution in [-0.4, -0.2) is 6.29 Å². The fourth-order valence-electron chi connectivity index (χ4n) is 0.555. The minimum absolute atomic E-state index is 0.245. The molecule has 1 rings (SSSR count). The highest BCUT2D eigenvalue weighted by molar-refractivity contribution is 5.74. The summed E-state index contributed by atoms with van der Waals surface area (Å²) >= 11 is 0. The van der Waals surface area contributed by atoms with Crippen LogP contribution in [0.15, 0.2) is 12.1 Å². The SMILES string of the molecule is O=Cc1c[c]cc(F)c1F. The zero-order valence-corrected chi connectivity index (χ0v) is 4.90. The summed E-state index contributed by atoms with van der Waals surface area (Å²) in [6.07, 6.45) is 0.245. The first-order chi connectivity index (χ1) is 4.75. The summed E-state index contributed by atoms with van der Waals surface area (Å²) < 4.78 is 24.6. The van der Waals surface area contributed by atoms with Gasteiger partial charge in [-0.1, -0.05) is 0 Å². The molecular formula is C7H3F2O. The van der Waals surface area contributed by atoms with Crippen LogP contribution in [0.2, 0.25) is 0 Å². The molecular weight excluding hydrogens is 138 g/mol. The second-order valence-electron chi connectivity index (χ2n) is 1.69. The zero-order valence-electron chi connectivity index (χ0n) is 4.90. The summed E-state index contributed by atoms with van der Waals surface area (Å²) in [6, 6.07) is 4.20. The molecule has 0 bridgehead atoms. The van der Waals surface area contributed by atoms with E-state index in [4.69, 9.17) is 0 Å². The van der Waals surface area contributed by atoms with Crippen LogP contribution < -0.4 is 0 Å². The summed E-state index contributed by atoms with van der Waals surface area (Å²) in [4.78, 5) is 9.95. The van der Waals surface area contributed by atoms with E-state index in [9.17, 15) is 13.6 Å². The van der Waals surface area contributed by atoms with Crippen molar-refractivity contribution in [2.45, 2.75) is 0 Å². The van der Waals surface area contributed by atoms with E-state index in [0.717, 1.165) is 12.1 Å². The van der Waals surface area contributed by atoms with Gasteiger partial charge in [0.05, 0.1) is 5.56 Å². The number of hydrogen-bond donors (Lipinski definition) is 0. The summed E-state index contributed by atoms with van der Waals surface area (Å²) in [7, 11) is 0.